The Hall–Kier alpha value is -0.490. The van der Waals surface area contributed by atoms with Gasteiger partial charge in [-0.1, -0.05) is 0 Å². The Morgan fingerprint density at radius 1 is 1.75 bits per heavy atom. The molecule has 0 aromatic carbocycles. The van der Waals surface area contributed by atoms with Gasteiger partial charge in [0.1, 0.15) is 0 Å². The lowest BCUT2D eigenvalue weighted by Crippen LogP contribution is -2.37. The van der Waals surface area contributed by atoms with Crippen LogP contribution in [0.1, 0.15) is 24.0 Å². The third-order valence-electron chi connectivity index (χ3n) is 2.98. The predicted molar refractivity (Wildman–Crippen MR) is 63.6 cm³/mol. The number of nitrogens with two attached hydrogens (primary N) is 1. The second-order valence-electron chi connectivity index (χ2n) is 4.34. The summed E-state index contributed by atoms with van der Waals surface area (Å²) in [6.45, 7) is 3.35. The highest BCUT2D eigenvalue weighted by molar-refractivity contribution is 7.09. The van der Waals surface area contributed by atoms with Gasteiger partial charge in [-0.15, -0.1) is 11.3 Å². The normalized spacial score (nSPS) is 27.2. The molecule has 0 bridgehead atoms. The number of methoxy groups -OCH3 is 1. The third kappa shape index (κ3) is 2.43. The molecule has 1 aliphatic heterocycles. The molecular formula is C11H18N2O2S. The van der Waals surface area contributed by atoms with E-state index < -0.39 is 0 Å². The average molecular weight is 242 g/mol. The minimum Gasteiger partial charge on any atom is -0.381 e. The Morgan fingerprint density at radius 3 is 3.19 bits per heavy atom. The van der Waals surface area contributed by atoms with E-state index in [1.807, 2.05) is 12.3 Å². The van der Waals surface area contributed by atoms with Gasteiger partial charge in [-0.3, -0.25) is 0 Å². The van der Waals surface area contributed by atoms with Gasteiger partial charge in [-0.25, -0.2) is 4.98 Å². The number of nitrogens with zero attached hydrogens (tertiary/aromatic N) is 1. The van der Waals surface area contributed by atoms with Crippen molar-refractivity contribution < 1.29 is 9.47 Å². The Morgan fingerprint density at radius 2 is 2.56 bits per heavy atom. The summed E-state index contributed by atoms with van der Waals surface area (Å²) in [5.41, 5.74) is 6.84. The summed E-state index contributed by atoms with van der Waals surface area (Å²) >= 11 is 1.65. The Bertz CT molecular complexity index is 348. The molecule has 0 spiro atoms. The van der Waals surface area contributed by atoms with Crippen LogP contribution in [0.2, 0.25) is 0 Å². The maximum absolute atomic E-state index is 6.24. The molecule has 0 aliphatic carbocycles. The van der Waals surface area contributed by atoms with Crippen molar-refractivity contribution >= 4 is 11.3 Å². The molecule has 2 rings (SSSR count). The number of aromatic nitrogens is 1. The summed E-state index contributed by atoms with van der Waals surface area (Å²) in [6.07, 6.45) is 1.90. The fraction of sp³-hybridized carbons (Fsp3) is 0.727. The van der Waals surface area contributed by atoms with Gasteiger partial charge < -0.3 is 15.2 Å². The molecule has 1 saturated heterocycles. The number of ether oxygens (including phenoxy) is 2. The molecule has 1 fully saturated rings. The first-order valence-electron chi connectivity index (χ1n) is 5.48. The van der Waals surface area contributed by atoms with Crippen molar-refractivity contribution in [1.82, 2.24) is 4.98 Å². The second kappa shape index (κ2) is 4.79. The molecule has 0 amide bonds. The number of rotatable bonds is 4. The molecule has 16 heavy (non-hydrogen) atoms. The van der Waals surface area contributed by atoms with Crippen molar-refractivity contribution in [2.75, 3.05) is 20.3 Å². The predicted octanol–water partition coefficient (Wildman–Crippen LogP) is 1.29. The SMILES string of the molecule is COC(C)Cc1nc(C2(N)CCOC2)cs1. The van der Waals surface area contributed by atoms with Crippen molar-refractivity contribution in [2.45, 2.75) is 31.4 Å². The van der Waals surface area contributed by atoms with E-state index in [0.717, 1.165) is 30.2 Å². The first kappa shape index (κ1) is 12.0. The quantitative estimate of drug-likeness (QED) is 0.864. The Labute approximate surface area is 99.8 Å². The smallest absolute Gasteiger partial charge is 0.0954 e. The van der Waals surface area contributed by atoms with Crippen molar-refractivity contribution in [3.05, 3.63) is 16.1 Å². The zero-order chi connectivity index (χ0) is 11.6. The highest BCUT2D eigenvalue weighted by Crippen LogP contribution is 2.28. The van der Waals surface area contributed by atoms with Gasteiger partial charge in [0, 0.05) is 25.5 Å². The van der Waals surface area contributed by atoms with Gasteiger partial charge in [0.05, 0.1) is 29.0 Å². The van der Waals surface area contributed by atoms with Crippen LogP contribution in [-0.2, 0) is 21.4 Å². The van der Waals surface area contributed by atoms with Crippen molar-refractivity contribution in [2.24, 2.45) is 5.73 Å². The number of hydrogen-bond donors (Lipinski definition) is 1. The first-order chi connectivity index (χ1) is 7.64. The zero-order valence-electron chi connectivity index (χ0n) is 9.73. The lowest BCUT2D eigenvalue weighted by molar-refractivity contribution is 0.118. The summed E-state index contributed by atoms with van der Waals surface area (Å²) in [7, 11) is 1.72. The fourth-order valence-electron chi connectivity index (χ4n) is 1.75. The maximum Gasteiger partial charge on any atom is 0.0954 e. The molecule has 2 unspecified atom stereocenters. The molecule has 1 aromatic heterocycles. The highest BCUT2D eigenvalue weighted by atomic mass is 32.1. The standard InChI is InChI=1S/C11H18N2O2S/c1-8(14-2)5-10-13-9(6-16-10)11(12)3-4-15-7-11/h6,8H,3-5,7,12H2,1-2H3. The van der Waals surface area contributed by atoms with Gasteiger partial charge in [-0.2, -0.15) is 0 Å². The largest absolute Gasteiger partial charge is 0.381 e. The lowest BCUT2D eigenvalue weighted by atomic mass is 9.97. The molecule has 2 heterocycles. The van der Waals surface area contributed by atoms with E-state index in [2.05, 4.69) is 4.98 Å². The number of thiazole rings is 1. The summed E-state index contributed by atoms with van der Waals surface area (Å²) < 4.78 is 10.6. The molecule has 5 heteroatoms. The average Bonchev–Trinajstić information content (AvgIpc) is 2.88. The lowest BCUT2D eigenvalue weighted by Gasteiger charge is -2.18. The van der Waals surface area contributed by atoms with Crippen LogP contribution in [0.4, 0.5) is 0 Å². The highest BCUT2D eigenvalue weighted by Gasteiger charge is 2.34. The van der Waals surface area contributed by atoms with Gasteiger partial charge in [0.15, 0.2) is 0 Å². The van der Waals surface area contributed by atoms with E-state index in [0.29, 0.717) is 6.61 Å². The number of hydrogen-bond acceptors (Lipinski definition) is 5. The van der Waals surface area contributed by atoms with Crippen LogP contribution in [0.3, 0.4) is 0 Å². The zero-order valence-corrected chi connectivity index (χ0v) is 10.5. The van der Waals surface area contributed by atoms with Gasteiger partial charge in [0.2, 0.25) is 0 Å². The molecule has 2 N–H and O–H groups in total. The van der Waals surface area contributed by atoms with Crippen molar-refractivity contribution in [3.8, 4) is 0 Å². The van der Waals surface area contributed by atoms with Crippen LogP contribution in [0.25, 0.3) is 0 Å². The van der Waals surface area contributed by atoms with Crippen molar-refractivity contribution in [3.63, 3.8) is 0 Å². The summed E-state index contributed by atoms with van der Waals surface area (Å²) in [5, 5.41) is 3.13. The maximum atomic E-state index is 6.24. The van der Waals surface area contributed by atoms with E-state index in [1.165, 1.54) is 0 Å². The monoisotopic (exact) mass is 242 g/mol. The summed E-state index contributed by atoms with van der Waals surface area (Å²) in [4.78, 5) is 4.59. The van der Waals surface area contributed by atoms with E-state index >= 15 is 0 Å². The van der Waals surface area contributed by atoms with Crippen LogP contribution in [0.5, 0.6) is 0 Å². The minimum absolute atomic E-state index is 0.201. The van der Waals surface area contributed by atoms with Crippen LogP contribution in [0, 0.1) is 0 Å². The fourth-order valence-corrected chi connectivity index (χ4v) is 2.76. The summed E-state index contributed by atoms with van der Waals surface area (Å²) in [6, 6.07) is 0. The molecule has 1 aromatic rings. The third-order valence-corrected chi connectivity index (χ3v) is 3.85. The van der Waals surface area contributed by atoms with Gasteiger partial charge in [-0.05, 0) is 13.3 Å². The molecule has 0 saturated carbocycles. The van der Waals surface area contributed by atoms with Crippen molar-refractivity contribution in [1.29, 1.82) is 0 Å². The minimum atomic E-state index is -0.370. The van der Waals surface area contributed by atoms with Crippen LogP contribution in [0.15, 0.2) is 5.38 Å². The molecule has 4 nitrogen and oxygen atoms in total. The first-order valence-corrected chi connectivity index (χ1v) is 6.36. The summed E-state index contributed by atoms with van der Waals surface area (Å²) in [5.74, 6) is 0. The van der Waals surface area contributed by atoms with Crippen LogP contribution < -0.4 is 5.73 Å². The molecule has 0 radical (unpaired) electrons. The van der Waals surface area contributed by atoms with Gasteiger partial charge >= 0.3 is 0 Å². The van der Waals surface area contributed by atoms with Crippen LogP contribution in [-0.4, -0.2) is 31.4 Å². The second-order valence-corrected chi connectivity index (χ2v) is 5.28. The van der Waals surface area contributed by atoms with E-state index in [4.69, 9.17) is 15.2 Å². The molecule has 2 atom stereocenters. The van der Waals surface area contributed by atoms with E-state index in [-0.39, 0.29) is 11.6 Å². The van der Waals surface area contributed by atoms with E-state index in [9.17, 15) is 0 Å². The molecular weight excluding hydrogens is 224 g/mol. The topological polar surface area (TPSA) is 57.4 Å². The molecule has 1 aliphatic rings. The van der Waals surface area contributed by atoms with E-state index in [1.54, 1.807) is 18.4 Å². The molecule has 90 valence electrons. The van der Waals surface area contributed by atoms with Gasteiger partial charge in [0.25, 0.3) is 0 Å². The Kier molecular flexibility index (Phi) is 3.59. The van der Waals surface area contributed by atoms with Crippen LogP contribution >= 0.6 is 11.3 Å². The Balaban J connectivity index is 2.07.